The molecule has 1 rings (SSSR count). The third-order valence-corrected chi connectivity index (χ3v) is 3.03. The minimum Gasteiger partial charge on any atom is -0.462 e. The Morgan fingerprint density at radius 1 is 1.41 bits per heavy atom. The molecule has 6 nitrogen and oxygen atoms in total. The number of ether oxygens (including phenoxy) is 1. The van der Waals surface area contributed by atoms with Gasteiger partial charge in [0.1, 0.15) is 0 Å². The zero-order valence-corrected chi connectivity index (χ0v) is 10.2. The van der Waals surface area contributed by atoms with Crippen molar-refractivity contribution < 1.29 is 17.9 Å². The minimum absolute atomic E-state index is 0.0773. The maximum atomic E-state index is 11.5. The van der Waals surface area contributed by atoms with Crippen LogP contribution in [0.25, 0.3) is 0 Å². The Kier molecular flexibility index (Phi) is 4.22. The molecule has 0 amide bonds. The summed E-state index contributed by atoms with van der Waals surface area (Å²) < 4.78 is 27.5. The summed E-state index contributed by atoms with van der Waals surface area (Å²) in [6.07, 6.45) is 0. The van der Waals surface area contributed by atoms with Gasteiger partial charge in [0.05, 0.1) is 17.1 Å². The average Bonchev–Trinajstić information content (AvgIpc) is 2.27. The van der Waals surface area contributed by atoms with E-state index in [0.29, 0.717) is 5.56 Å². The van der Waals surface area contributed by atoms with Gasteiger partial charge in [-0.1, -0.05) is 6.07 Å². The van der Waals surface area contributed by atoms with Crippen LogP contribution in [0.3, 0.4) is 0 Å². The van der Waals surface area contributed by atoms with E-state index in [1.54, 1.807) is 13.0 Å². The third kappa shape index (κ3) is 3.26. The number of esters is 1. The number of sulfonamides is 1. The molecule has 0 heterocycles. The van der Waals surface area contributed by atoms with Gasteiger partial charge < -0.3 is 10.5 Å². The van der Waals surface area contributed by atoms with Crippen molar-refractivity contribution >= 4 is 16.0 Å². The van der Waals surface area contributed by atoms with Crippen molar-refractivity contribution in [1.29, 1.82) is 0 Å². The lowest BCUT2D eigenvalue weighted by Gasteiger charge is -2.08. The predicted octanol–water partition coefficient (Wildman–Crippen LogP) is -0.0306. The highest BCUT2D eigenvalue weighted by Gasteiger charge is 2.20. The van der Waals surface area contributed by atoms with Crippen molar-refractivity contribution in [1.82, 2.24) is 0 Å². The molecule has 0 radical (unpaired) electrons. The lowest BCUT2D eigenvalue weighted by molar-refractivity contribution is 0.0522. The number of hydrogen-bond donors (Lipinski definition) is 2. The molecule has 17 heavy (non-hydrogen) atoms. The number of benzene rings is 1. The zero-order valence-electron chi connectivity index (χ0n) is 9.34. The SMILES string of the molecule is CCOC(=O)c1ccc(CN)cc1S(N)(=O)=O. The predicted molar refractivity (Wildman–Crippen MR) is 61.7 cm³/mol. The molecule has 0 aromatic heterocycles. The number of rotatable bonds is 4. The Bertz CT molecular complexity index is 525. The highest BCUT2D eigenvalue weighted by Crippen LogP contribution is 2.17. The fourth-order valence-electron chi connectivity index (χ4n) is 1.31. The minimum atomic E-state index is -3.99. The van der Waals surface area contributed by atoms with Crippen LogP contribution in [0.15, 0.2) is 23.1 Å². The van der Waals surface area contributed by atoms with E-state index in [4.69, 9.17) is 15.6 Å². The Balaban J connectivity index is 3.35. The van der Waals surface area contributed by atoms with Crippen LogP contribution in [0.4, 0.5) is 0 Å². The quantitative estimate of drug-likeness (QED) is 0.736. The van der Waals surface area contributed by atoms with Crippen molar-refractivity contribution in [2.24, 2.45) is 10.9 Å². The third-order valence-electron chi connectivity index (χ3n) is 2.08. The standard InChI is InChI=1S/C10H14N2O4S/c1-2-16-10(13)8-4-3-7(6-11)5-9(8)17(12,14)15/h3-5H,2,6,11H2,1H3,(H2,12,14,15). The second kappa shape index (κ2) is 5.26. The van der Waals surface area contributed by atoms with Gasteiger partial charge in [-0.15, -0.1) is 0 Å². The molecule has 0 bridgehead atoms. The molecule has 1 aromatic rings. The number of carbonyl (C=O) groups is 1. The van der Waals surface area contributed by atoms with Crippen LogP contribution in [-0.2, 0) is 21.3 Å². The van der Waals surface area contributed by atoms with E-state index in [1.165, 1.54) is 12.1 Å². The van der Waals surface area contributed by atoms with Gasteiger partial charge in [0.15, 0.2) is 0 Å². The highest BCUT2D eigenvalue weighted by atomic mass is 32.2. The van der Waals surface area contributed by atoms with Gasteiger partial charge in [-0.05, 0) is 24.6 Å². The van der Waals surface area contributed by atoms with Crippen LogP contribution in [0, 0.1) is 0 Å². The first-order valence-electron chi connectivity index (χ1n) is 4.93. The molecule has 0 aliphatic carbocycles. The monoisotopic (exact) mass is 258 g/mol. The average molecular weight is 258 g/mol. The first kappa shape index (κ1) is 13.6. The molecule has 0 saturated heterocycles. The molecule has 0 spiro atoms. The molecule has 94 valence electrons. The van der Waals surface area contributed by atoms with Gasteiger partial charge >= 0.3 is 5.97 Å². The Morgan fingerprint density at radius 2 is 2.06 bits per heavy atom. The van der Waals surface area contributed by atoms with Crippen LogP contribution < -0.4 is 10.9 Å². The molecule has 0 aliphatic heterocycles. The van der Waals surface area contributed by atoms with E-state index in [-0.39, 0.29) is 23.6 Å². The van der Waals surface area contributed by atoms with Crippen LogP contribution in [-0.4, -0.2) is 21.0 Å². The fourth-order valence-corrected chi connectivity index (χ4v) is 2.08. The number of nitrogens with two attached hydrogens (primary N) is 2. The summed E-state index contributed by atoms with van der Waals surface area (Å²) in [4.78, 5) is 11.3. The summed E-state index contributed by atoms with van der Waals surface area (Å²) in [7, 11) is -3.99. The molecule has 4 N–H and O–H groups in total. The van der Waals surface area contributed by atoms with E-state index in [1.807, 2.05) is 0 Å². The smallest absolute Gasteiger partial charge is 0.339 e. The van der Waals surface area contributed by atoms with E-state index in [0.717, 1.165) is 0 Å². The largest absolute Gasteiger partial charge is 0.462 e. The lowest BCUT2D eigenvalue weighted by atomic mass is 10.1. The second-order valence-corrected chi connectivity index (χ2v) is 4.83. The number of carbonyl (C=O) groups excluding carboxylic acids is 1. The first-order valence-corrected chi connectivity index (χ1v) is 6.47. The topological polar surface area (TPSA) is 112 Å². The molecule has 0 saturated carbocycles. The zero-order chi connectivity index (χ0) is 13.1. The summed E-state index contributed by atoms with van der Waals surface area (Å²) in [5, 5.41) is 5.04. The highest BCUT2D eigenvalue weighted by molar-refractivity contribution is 7.89. The maximum absolute atomic E-state index is 11.5. The van der Waals surface area contributed by atoms with Crippen LogP contribution in [0.1, 0.15) is 22.8 Å². The number of hydrogen-bond acceptors (Lipinski definition) is 5. The van der Waals surface area contributed by atoms with E-state index in [2.05, 4.69) is 0 Å². The summed E-state index contributed by atoms with van der Waals surface area (Å²) in [5.74, 6) is -0.722. The van der Waals surface area contributed by atoms with Gasteiger partial charge in [-0.3, -0.25) is 0 Å². The Labute approximate surface area is 99.6 Å². The van der Waals surface area contributed by atoms with Crippen molar-refractivity contribution in [2.75, 3.05) is 6.61 Å². The van der Waals surface area contributed by atoms with Crippen molar-refractivity contribution in [3.63, 3.8) is 0 Å². The second-order valence-electron chi connectivity index (χ2n) is 3.30. The van der Waals surface area contributed by atoms with Gasteiger partial charge in [-0.2, -0.15) is 0 Å². The normalized spacial score (nSPS) is 11.2. The van der Waals surface area contributed by atoms with Gasteiger partial charge in [0, 0.05) is 6.54 Å². The molecule has 0 fully saturated rings. The van der Waals surface area contributed by atoms with E-state index in [9.17, 15) is 13.2 Å². The van der Waals surface area contributed by atoms with Crippen molar-refractivity contribution in [3.05, 3.63) is 29.3 Å². The first-order chi connectivity index (χ1) is 7.90. The molecular weight excluding hydrogens is 244 g/mol. The lowest BCUT2D eigenvalue weighted by Crippen LogP contribution is -2.18. The fraction of sp³-hybridized carbons (Fsp3) is 0.300. The van der Waals surface area contributed by atoms with Gasteiger partial charge in [0.2, 0.25) is 10.0 Å². The summed E-state index contributed by atoms with van der Waals surface area (Å²) in [6, 6.07) is 4.18. The van der Waals surface area contributed by atoms with Crippen LogP contribution >= 0.6 is 0 Å². The molecule has 1 aromatic carbocycles. The summed E-state index contributed by atoms with van der Waals surface area (Å²) in [6.45, 7) is 1.94. The van der Waals surface area contributed by atoms with Gasteiger partial charge in [-0.25, -0.2) is 18.4 Å². The molecule has 7 heteroatoms. The summed E-state index contributed by atoms with van der Waals surface area (Å²) >= 11 is 0. The maximum Gasteiger partial charge on any atom is 0.339 e. The van der Waals surface area contributed by atoms with E-state index >= 15 is 0 Å². The summed E-state index contributed by atoms with van der Waals surface area (Å²) in [5.41, 5.74) is 5.89. The molecule has 0 unspecified atom stereocenters. The van der Waals surface area contributed by atoms with Crippen molar-refractivity contribution in [3.8, 4) is 0 Å². The van der Waals surface area contributed by atoms with Crippen LogP contribution in [0.2, 0.25) is 0 Å². The van der Waals surface area contributed by atoms with E-state index < -0.39 is 16.0 Å². The number of primary sulfonamides is 1. The molecule has 0 aliphatic rings. The Hall–Kier alpha value is -1.44. The Morgan fingerprint density at radius 3 is 2.53 bits per heavy atom. The van der Waals surface area contributed by atoms with Crippen molar-refractivity contribution in [2.45, 2.75) is 18.4 Å². The van der Waals surface area contributed by atoms with Gasteiger partial charge in [0.25, 0.3) is 0 Å². The molecule has 0 atom stereocenters. The van der Waals surface area contributed by atoms with Crippen LogP contribution in [0.5, 0.6) is 0 Å². The molecular formula is C10H14N2O4S.